The van der Waals surface area contributed by atoms with Crippen molar-refractivity contribution in [1.82, 2.24) is 9.38 Å². The summed E-state index contributed by atoms with van der Waals surface area (Å²) in [5.41, 5.74) is 2.44. The first-order chi connectivity index (χ1) is 8.07. The summed E-state index contributed by atoms with van der Waals surface area (Å²) in [5, 5.41) is 1.25. The molecule has 2 nitrogen and oxygen atoms in total. The quantitative estimate of drug-likeness (QED) is 0.568. The molecule has 2 heteroatoms. The second kappa shape index (κ2) is 3.33. The minimum Gasteiger partial charge on any atom is -0.296 e. The zero-order chi connectivity index (χ0) is 12.0. The molecule has 0 aliphatic heterocycles. The molecule has 0 spiro atoms. The number of para-hydroxylation sites is 1. The topological polar surface area (TPSA) is 17.3 Å². The van der Waals surface area contributed by atoms with Crippen LogP contribution in [0.2, 0.25) is 0 Å². The highest BCUT2D eigenvalue weighted by atomic mass is 15.0. The van der Waals surface area contributed by atoms with Crippen LogP contribution in [0, 0.1) is 0 Å². The lowest BCUT2D eigenvalue weighted by Gasteiger charge is -2.18. The molecule has 0 unspecified atom stereocenters. The standard InChI is InChI=1S/C15H16N2/c1-15(2,3)14-16-10-12-9-8-11-6-4-5-7-13(11)17(12)14/h4-10H,1-3H3. The van der Waals surface area contributed by atoms with E-state index in [2.05, 4.69) is 66.6 Å². The van der Waals surface area contributed by atoms with Gasteiger partial charge in [-0.3, -0.25) is 4.40 Å². The highest BCUT2D eigenvalue weighted by molar-refractivity contribution is 5.82. The number of imidazole rings is 1. The number of hydrogen-bond acceptors (Lipinski definition) is 1. The Balaban J connectivity index is 2.51. The molecule has 0 radical (unpaired) electrons. The van der Waals surface area contributed by atoms with Crippen molar-refractivity contribution in [1.29, 1.82) is 0 Å². The summed E-state index contributed by atoms with van der Waals surface area (Å²) in [6.07, 6.45) is 1.95. The lowest BCUT2D eigenvalue weighted by molar-refractivity contribution is 0.546. The zero-order valence-electron chi connectivity index (χ0n) is 10.4. The molecule has 0 bridgehead atoms. The van der Waals surface area contributed by atoms with Crippen LogP contribution in [0.1, 0.15) is 26.6 Å². The minimum atomic E-state index is 0.0521. The summed E-state index contributed by atoms with van der Waals surface area (Å²) in [5.74, 6) is 1.12. The molecule has 17 heavy (non-hydrogen) atoms. The molecule has 0 aliphatic carbocycles. The van der Waals surface area contributed by atoms with Crippen molar-refractivity contribution >= 4 is 16.4 Å². The highest BCUT2D eigenvalue weighted by Crippen LogP contribution is 2.26. The van der Waals surface area contributed by atoms with E-state index < -0.39 is 0 Å². The number of pyridine rings is 1. The van der Waals surface area contributed by atoms with Crippen LogP contribution in [0.25, 0.3) is 16.4 Å². The minimum absolute atomic E-state index is 0.0521. The van der Waals surface area contributed by atoms with Crippen LogP contribution in [0.5, 0.6) is 0 Å². The SMILES string of the molecule is CC(C)(C)c1ncc2ccc3ccccc3n12. The molecule has 0 atom stereocenters. The molecular weight excluding hydrogens is 208 g/mol. The van der Waals surface area contributed by atoms with E-state index in [4.69, 9.17) is 0 Å². The third kappa shape index (κ3) is 1.52. The van der Waals surface area contributed by atoms with Gasteiger partial charge in [0, 0.05) is 5.41 Å². The van der Waals surface area contributed by atoms with Crippen LogP contribution in [-0.4, -0.2) is 9.38 Å². The van der Waals surface area contributed by atoms with Gasteiger partial charge in [0.15, 0.2) is 0 Å². The first-order valence-corrected chi connectivity index (χ1v) is 5.93. The van der Waals surface area contributed by atoms with E-state index in [-0.39, 0.29) is 5.41 Å². The van der Waals surface area contributed by atoms with E-state index >= 15 is 0 Å². The van der Waals surface area contributed by atoms with Gasteiger partial charge in [0.1, 0.15) is 5.82 Å². The predicted molar refractivity (Wildman–Crippen MR) is 71.4 cm³/mol. The van der Waals surface area contributed by atoms with Crippen molar-refractivity contribution in [2.75, 3.05) is 0 Å². The molecule has 3 aromatic rings. The molecule has 0 saturated carbocycles. The van der Waals surface area contributed by atoms with Crippen molar-refractivity contribution in [3.8, 4) is 0 Å². The Hall–Kier alpha value is -1.83. The molecule has 0 N–H and O–H groups in total. The van der Waals surface area contributed by atoms with Crippen molar-refractivity contribution in [3.05, 3.63) is 48.4 Å². The zero-order valence-corrected chi connectivity index (χ0v) is 10.4. The molecule has 1 aromatic carbocycles. The lowest BCUT2D eigenvalue weighted by Crippen LogP contribution is -2.16. The van der Waals surface area contributed by atoms with E-state index in [1.165, 1.54) is 10.9 Å². The Bertz CT molecular complexity index is 687. The van der Waals surface area contributed by atoms with Gasteiger partial charge in [-0.25, -0.2) is 4.98 Å². The molecule has 86 valence electrons. The Morgan fingerprint density at radius 1 is 1.00 bits per heavy atom. The molecule has 0 amide bonds. The van der Waals surface area contributed by atoms with Crippen LogP contribution in [0.4, 0.5) is 0 Å². The number of hydrogen-bond donors (Lipinski definition) is 0. The fourth-order valence-electron chi connectivity index (χ4n) is 2.27. The van der Waals surface area contributed by atoms with Crippen LogP contribution in [-0.2, 0) is 5.41 Å². The van der Waals surface area contributed by atoms with Gasteiger partial charge in [-0.1, -0.05) is 45.0 Å². The number of rotatable bonds is 0. The molecule has 3 rings (SSSR count). The molecule has 0 aliphatic rings. The fraction of sp³-hybridized carbons (Fsp3) is 0.267. The number of aromatic nitrogens is 2. The molecular formula is C15H16N2. The maximum absolute atomic E-state index is 4.58. The molecule has 2 heterocycles. The second-order valence-corrected chi connectivity index (χ2v) is 5.48. The smallest absolute Gasteiger partial charge is 0.119 e. The maximum Gasteiger partial charge on any atom is 0.119 e. The number of fused-ring (bicyclic) bond motifs is 3. The van der Waals surface area contributed by atoms with E-state index in [1.807, 2.05) is 6.20 Å². The van der Waals surface area contributed by atoms with E-state index in [0.717, 1.165) is 11.3 Å². The Morgan fingerprint density at radius 2 is 1.76 bits per heavy atom. The maximum atomic E-state index is 4.58. The predicted octanol–water partition coefficient (Wildman–Crippen LogP) is 3.79. The molecule has 2 aromatic heterocycles. The van der Waals surface area contributed by atoms with Gasteiger partial charge < -0.3 is 0 Å². The summed E-state index contributed by atoms with van der Waals surface area (Å²) in [6, 6.07) is 12.7. The highest BCUT2D eigenvalue weighted by Gasteiger charge is 2.20. The Labute approximate surface area is 101 Å². The molecule has 0 fully saturated rings. The van der Waals surface area contributed by atoms with E-state index in [9.17, 15) is 0 Å². The van der Waals surface area contributed by atoms with Crippen molar-refractivity contribution in [2.24, 2.45) is 0 Å². The monoisotopic (exact) mass is 224 g/mol. The van der Waals surface area contributed by atoms with Gasteiger partial charge in [0.05, 0.1) is 17.2 Å². The second-order valence-electron chi connectivity index (χ2n) is 5.48. The fourth-order valence-corrected chi connectivity index (χ4v) is 2.27. The van der Waals surface area contributed by atoms with Crippen LogP contribution >= 0.6 is 0 Å². The van der Waals surface area contributed by atoms with Gasteiger partial charge in [-0.2, -0.15) is 0 Å². The average Bonchev–Trinajstić information content (AvgIpc) is 2.72. The summed E-state index contributed by atoms with van der Waals surface area (Å²) >= 11 is 0. The van der Waals surface area contributed by atoms with Crippen LogP contribution in [0.15, 0.2) is 42.6 Å². The van der Waals surface area contributed by atoms with Crippen molar-refractivity contribution in [3.63, 3.8) is 0 Å². The number of nitrogens with zero attached hydrogens (tertiary/aromatic N) is 2. The summed E-state index contributed by atoms with van der Waals surface area (Å²) in [7, 11) is 0. The van der Waals surface area contributed by atoms with Gasteiger partial charge in [-0.05, 0) is 17.5 Å². The first kappa shape index (κ1) is 10.3. The Kier molecular flexibility index (Phi) is 2.02. The normalized spacial score (nSPS) is 12.4. The van der Waals surface area contributed by atoms with Crippen LogP contribution in [0.3, 0.4) is 0 Å². The number of benzene rings is 1. The van der Waals surface area contributed by atoms with Gasteiger partial charge in [0.2, 0.25) is 0 Å². The first-order valence-electron chi connectivity index (χ1n) is 5.93. The third-order valence-electron chi connectivity index (χ3n) is 3.07. The van der Waals surface area contributed by atoms with Gasteiger partial charge in [0.25, 0.3) is 0 Å². The summed E-state index contributed by atoms with van der Waals surface area (Å²) < 4.78 is 2.26. The summed E-state index contributed by atoms with van der Waals surface area (Å²) in [6.45, 7) is 6.59. The Morgan fingerprint density at radius 3 is 2.53 bits per heavy atom. The van der Waals surface area contributed by atoms with E-state index in [1.54, 1.807) is 0 Å². The van der Waals surface area contributed by atoms with Gasteiger partial charge in [-0.15, -0.1) is 0 Å². The summed E-state index contributed by atoms with van der Waals surface area (Å²) in [4.78, 5) is 4.58. The van der Waals surface area contributed by atoms with Crippen LogP contribution < -0.4 is 0 Å². The third-order valence-corrected chi connectivity index (χ3v) is 3.07. The molecule has 0 saturated heterocycles. The average molecular weight is 224 g/mol. The van der Waals surface area contributed by atoms with Crippen molar-refractivity contribution in [2.45, 2.75) is 26.2 Å². The van der Waals surface area contributed by atoms with Gasteiger partial charge >= 0.3 is 0 Å². The lowest BCUT2D eigenvalue weighted by atomic mass is 9.95. The largest absolute Gasteiger partial charge is 0.296 e. The van der Waals surface area contributed by atoms with E-state index in [0.29, 0.717) is 0 Å². The van der Waals surface area contributed by atoms with Crippen molar-refractivity contribution < 1.29 is 0 Å².